The largest absolute Gasteiger partial charge is 0.380 e. The molecule has 1 saturated carbocycles. The molecule has 1 heterocycles. The molecular formula is C11H19N3OS. The van der Waals surface area contributed by atoms with Crippen LogP contribution in [-0.2, 0) is 11.3 Å². The lowest BCUT2D eigenvalue weighted by Crippen LogP contribution is -2.22. The maximum Gasteiger partial charge on any atom is 0.131 e. The van der Waals surface area contributed by atoms with Gasteiger partial charge in [0.25, 0.3) is 0 Å². The molecule has 0 spiro atoms. The molecule has 0 atom stereocenters. The summed E-state index contributed by atoms with van der Waals surface area (Å²) in [5.74, 6) is 0.722. The van der Waals surface area contributed by atoms with Crippen molar-refractivity contribution in [3.8, 4) is 0 Å². The Morgan fingerprint density at radius 3 is 2.94 bits per heavy atom. The van der Waals surface area contributed by atoms with Crippen LogP contribution in [0.2, 0.25) is 0 Å². The van der Waals surface area contributed by atoms with Crippen LogP contribution < -0.4 is 0 Å². The fourth-order valence-electron chi connectivity index (χ4n) is 1.50. The summed E-state index contributed by atoms with van der Waals surface area (Å²) in [6.07, 6.45) is 2.60. The lowest BCUT2D eigenvalue weighted by atomic mass is 10.5. The molecule has 4 nitrogen and oxygen atoms in total. The fraction of sp³-hybridized carbons (Fsp3) is 0.818. The number of nitrogens with zero attached hydrogens (tertiary/aromatic N) is 3. The van der Waals surface area contributed by atoms with Crippen LogP contribution in [0.4, 0.5) is 0 Å². The first-order valence-electron chi connectivity index (χ1n) is 5.88. The zero-order chi connectivity index (χ0) is 11.4. The molecule has 0 unspecified atom stereocenters. The zero-order valence-corrected chi connectivity index (χ0v) is 10.8. The van der Waals surface area contributed by atoms with Crippen LogP contribution in [0.5, 0.6) is 0 Å². The molecule has 5 heteroatoms. The summed E-state index contributed by atoms with van der Waals surface area (Å²) >= 11 is 1.77. The van der Waals surface area contributed by atoms with Gasteiger partial charge in [0.1, 0.15) is 10.0 Å². The van der Waals surface area contributed by atoms with E-state index in [-0.39, 0.29) is 0 Å². The Hall–Kier alpha value is -0.520. The summed E-state index contributed by atoms with van der Waals surface area (Å²) in [6.45, 7) is 5.44. The summed E-state index contributed by atoms with van der Waals surface area (Å²) in [7, 11) is 2.09. The van der Waals surface area contributed by atoms with Crippen LogP contribution in [0.25, 0.3) is 0 Å². The Bertz CT molecular complexity index is 325. The van der Waals surface area contributed by atoms with E-state index in [1.54, 1.807) is 11.3 Å². The molecule has 1 aliphatic carbocycles. The molecule has 0 aliphatic heterocycles. The number of hydrogen-bond acceptors (Lipinski definition) is 5. The maximum atomic E-state index is 5.32. The van der Waals surface area contributed by atoms with Gasteiger partial charge in [0.05, 0.1) is 13.2 Å². The van der Waals surface area contributed by atoms with Crippen molar-refractivity contribution in [3.63, 3.8) is 0 Å². The molecule has 1 aromatic rings. The van der Waals surface area contributed by atoms with Crippen LogP contribution >= 0.6 is 11.3 Å². The Balaban J connectivity index is 1.74. The Morgan fingerprint density at radius 1 is 1.44 bits per heavy atom. The molecule has 0 amide bonds. The van der Waals surface area contributed by atoms with Gasteiger partial charge in [-0.25, -0.2) is 0 Å². The van der Waals surface area contributed by atoms with Crippen LogP contribution in [0.15, 0.2) is 0 Å². The molecule has 0 N–H and O–H groups in total. The molecule has 1 fully saturated rings. The summed E-state index contributed by atoms with van der Waals surface area (Å²) < 4.78 is 5.32. The van der Waals surface area contributed by atoms with Crippen molar-refractivity contribution in [3.05, 3.63) is 10.0 Å². The second-order valence-corrected chi connectivity index (χ2v) is 5.34. The zero-order valence-electron chi connectivity index (χ0n) is 9.98. The van der Waals surface area contributed by atoms with E-state index in [1.807, 2.05) is 6.92 Å². The van der Waals surface area contributed by atoms with Gasteiger partial charge in [0.15, 0.2) is 0 Å². The topological polar surface area (TPSA) is 38.2 Å². The normalized spacial score (nSPS) is 15.9. The van der Waals surface area contributed by atoms with Gasteiger partial charge in [-0.3, -0.25) is 4.90 Å². The van der Waals surface area contributed by atoms with Crippen LogP contribution in [0.3, 0.4) is 0 Å². The van der Waals surface area contributed by atoms with Crippen LogP contribution in [-0.4, -0.2) is 41.9 Å². The monoisotopic (exact) mass is 241 g/mol. The first-order valence-corrected chi connectivity index (χ1v) is 6.69. The smallest absolute Gasteiger partial charge is 0.131 e. The first-order chi connectivity index (χ1) is 7.79. The van der Waals surface area contributed by atoms with Gasteiger partial charge in [-0.2, -0.15) is 0 Å². The minimum Gasteiger partial charge on any atom is -0.380 e. The van der Waals surface area contributed by atoms with E-state index >= 15 is 0 Å². The average Bonchev–Trinajstić information content (AvgIpc) is 3.01. The van der Waals surface area contributed by atoms with Crippen molar-refractivity contribution in [2.45, 2.75) is 32.2 Å². The van der Waals surface area contributed by atoms with E-state index in [4.69, 9.17) is 4.74 Å². The van der Waals surface area contributed by atoms with E-state index in [2.05, 4.69) is 22.1 Å². The second-order valence-electron chi connectivity index (χ2n) is 4.24. The molecule has 90 valence electrons. The summed E-state index contributed by atoms with van der Waals surface area (Å²) in [6, 6.07) is 0. The lowest BCUT2D eigenvalue weighted by molar-refractivity contribution is 0.120. The predicted molar refractivity (Wildman–Crippen MR) is 64.7 cm³/mol. The first kappa shape index (κ1) is 12.0. The average molecular weight is 241 g/mol. The number of rotatable bonds is 7. The number of aromatic nitrogens is 2. The minimum absolute atomic E-state index is 0.722. The quantitative estimate of drug-likeness (QED) is 0.683. The van der Waals surface area contributed by atoms with E-state index in [9.17, 15) is 0 Å². The van der Waals surface area contributed by atoms with Crippen molar-refractivity contribution in [1.29, 1.82) is 0 Å². The highest BCUT2D eigenvalue weighted by Crippen LogP contribution is 2.41. The highest BCUT2D eigenvalue weighted by atomic mass is 32.1. The third-order valence-corrected chi connectivity index (χ3v) is 3.71. The fourth-order valence-corrected chi connectivity index (χ4v) is 2.59. The van der Waals surface area contributed by atoms with E-state index in [0.717, 1.165) is 37.2 Å². The Morgan fingerprint density at radius 2 is 2.25 bits per heavy atom. The molecule has 1 aliphatic rings. The Kier molecular flexibility index (Phi) is 4.26. The Labute approximate surface area is 101 Å². The van der Waals surface area contributed by atoms with Gasteiger partial charge in [-0.1, -0.05) is 11.3 Å². The molecule has 0 radical (unpaired) electrons. The third kappa shape index (κ3) is 3.50. The van der Waals surface area contributed by atoms with Crippen LogP contribution in [0.1, 0.15) is 35.7 Å². The van der Waals surface area contributed by atoms with Gasteiger partial charge in [-0.05, 0) is 26.8 Å². The van der Waals surface area contributed by atoms with Crippen molar-refractivity contribution in [2.24, 2.45) is 0 Å². The molecule has 0 saturated heterocycles. The van der Waals surface area contributed by atoms with Gasteiger partial charge < -0.3 is 4.74 Å². The van der Waals surface area contributed by atoms with Crippen molar-refractivity contribution in [2.75, 3.05) is 26.8 Å². The maximum absolute atomic E-state index is 5.32. The second kappa shape index (κ2) is 5.70. The van der Waals surface area contributed by atoms with Gasteiger partial charge in [-0.15, -0.1) is 10.2 Å². The molecule has 1 aromatic heterocycles. The molecule has 0 aromatic carbocycles. The predicted octanol–water partition coefficient (Wildman–Crippen LogP) is 1.88. The number of likely N-dealkylation sites (N-methyl/N-ethyl adjacent to an activating group) is 1. The SMILES string of the molecule is CCOCCN(C)Cc1nnc(C2CC2)s1. The highest BCUT2D eigenvalue weighted by molar-refractivity contribution is 7.11. The molecule has 2 rings (SSSR count). The molecule has 0 bridgehead atoms. The summed E-state index contributed by atoms with van der Waals surface area (Å²) in [4.78, 5) is 2.23. The standard InChI is InChI=1S/C11H19N3OS/c1-3-15-7-6-14(2)8-10-12-13-11(16-10)9-4-5-9/h9H,3-8H2,1-2H3. The van der Waals surface area contributed by atoms with Gasteiger partial charge in [0.2, 0.25) is 0 Å². The summed E-state index contributed by atoms with van der Waals surface area (Å²) in [5.41, 5.74) is 0. The van der Waals surface area contributed by atoms with E-state index in [1.165, 1.54) is 17.8 Å². The van der Waals surface area contributed by atoms with Gasteiger partial charge in [0, 0.05) is 19.1 Å². The highest BCUT2D eigenvalue weighted by Gasteiger charge is 2.27. The van der Waals surface area contributed by atoms with Crippen molar-refractivity contribution >= 4 is 11.3 Å². The molecule has 16 heavy (non-hydrogen) atoms. The van der Waals surface area contributed by atoms with Crippen LogP contribution in [0, 0.1) is 0 Å². The number of hydrogen-bond donors (Lipinski definition) is 0. The van der Waals surface area contributed by atoms with E-state index in [0.29, 0.717) is 0 Å². The van der Waals surface area contributed by atoms with Crippen molar-refractivity contribution in [1.82, 2.24) is 15.1 Å². The number of ether oxygens (including phenoxy) is 1. The molecular weight excluding hydrogens is 222 g/mol. The van der Waals surface area contributed by atoms with Crippen molar-refractivity contribution < 1.29 is 4.74 Å². The van der Waals surface area contributed by atoms with E-state index < -0.39 is 0 Å². The minimum atomic E-state index is 0.722. The lowest BCUT2D eigenvalue weighted by Gasteiger charge is -2.13. The van der Waals surface area contributed by atoms with Gasteiger partial charge >= 0.3 is 0 Å². The summed E-state index contributed by atoms with van der Waals surface area (Å²) in [5, 5.41) is 10.8. The third-order valence-electron chi connectivity index (χ3n) is 2.64.